The molecule has 1 atom stereocenters. The van der Waals surface area contributed by atoms with Crippen molar-refractivity contribution in [3.05, 3.63) is 59.7 Å². The summed E-state index contributed by atoms with van der Waals surface area (Å²) in [6.45, 7) is 4.15. The summed E-state index contributed by atoms with van der Waals surface area (Å²) >= 11 is 0. The first-order valence-electron chi connectivity index (χ1n) is 8.37. The van der Waals surface area contributed by atoms with Crippen LogP contribution in [0.1, 0.15) is 18.1 Å². The topological polar surface area (TPSA) is 63.9 Å². The number of rotatable bonds is 3. The fourth-order valence-electron chi connectivity index (χ4n) is 3.38. The molecule has 0 aliphatic carbocycles. The number of amides is 1. The number of para-hydroxylation sites is 1. The summed E-state index contributed by atoms with van der Waals surface area (Å²) in [5, 5.41) is 12.5. The highest BCUT2D eigenvalue weighted by Gasteiger charge is 2.30. The summed E-state index contributed by atoms with van der Waals surface area (Å²) in [6, 6.07) is 16.0. The number of nitrogens with zero attached hydrogens (tertiary/aromatic N) is 5. The summed E-state index contributed by atoms with van der Waals surface area (Å²) in [5.74, 6) is 0.520. The molecule has 0 saturated heterocycles. The van der Waals surface area contributed by atoms with E-state index in [2.05, 4.69) is 28.4 Å². The number of hydrogen-bond donors (Lipinski definition) is 0. The van der Waals surface area contributed by atoms with Crippen molar-refractivity contribution < 1.29 is 4.79 Å². The Morgan fingerprint density at radius 2 is 1.92 bits per heavy atom. The van der Waals surface area contributed by atoms with Gasteiger partial charge in [0.05, 0.1) is 0 Å². The minimum Gasteiger partial charge on any atom is -0.307 e. The summed E-state index contributed by atoms with van der Waals surface area (Å²) in [7, 11) is 0. The number of carbonyl (C=O) groups is 1. The molecule has 0 saturated carbocycles. The molecule has 6 heteroatoms. The van der Waals surface area contributed by atoms with Crippen molar-refractivity contribution in [2.24, 2.45) is 0 Å². The van der Waals surface area contributed by atoms with Crippen LogP contribution in [-0.2, 0) is 17.8 Å². The van der Waals surface area contributed by atoms with Gasteiger partial charge >= 0.3 is 0 Å². The predicted molar refractivity (Wildman–Crippen MR) is 95.1 cm³/mol. The van der Waals surface area contributed by atoms with Crippen LogP contribution >= 0.6 is 0 Å². The van der Waals surface area contributed by atoms with Crippen LogP contribution in [0.15, 0.2) is 48.5 Å². The molecule has 2 aromatic carbocycles. The van der Waals surface area contributed by atoms with Gasteiger partial charge in [-0.25, -0.2) is 0 Å². The van der Waals surface area contributed by atoms with E-state index < -0.39 is 0 Å². The summed E-state index contributed by atoms with van der Waals surface area (Å²) in [6.07, 6.45) is 0.876. The van der Waals surface area contributed by atoms with Gasteiger partial charge in [0.1, 0.15) is 6.54 Å². The average Bonchev–Trinajstić information content (AvgIpc) is 3.18. The first-order chi connectivity index (χ1) is 12.1. The van der Waals surface area contributed by atoms with E-state index in [4.69, 9.17) is 0 Å². The lowest BCUT2D eigenvalue weighted by atomic mass is 10.1. The Hall–Kier alpha value is -3.02. The van der Waals surface area contributed by atoms with Gasteiger partial charge in [-0.05, 0) is 42.7 Å². The summed E-state index contributed by atoms with van der Waals surface area (Å²) < 4.78 is 0. The molecule has 1 aliphatic rings. The van der Waals surface area contributed by atoms with Crippen LogP contribution < -0.4 is 4.90 Å². The van der Waals surface area contributed by atoms with Crippen LogP contribution in [0.3, 0.4) is 0 Å². The van der Waals surface area contributed by atoms with Crippen molar-refractivity contribution in [2.45, 2.75) is 32.9 Å². The molecule has 126 valence electrons. The molecule has 3 aromatic rings. The Balaban J connectivity index is 1.56. The zero-order chi connectivity index (χ0) is 17.4. The molecule has 0 bridgehead atoms. The molecule has 0 radical (unpaired) electrons. The summed E-state index contributed by atoms with van der Waals surface area (Å²) in [5.41, 5.74) is 4.20. The van der Waals surface area contributed by atoms with E-state index >= 15 is 0 Å². The number of hydrogen-bond acceptors (Lipinski definition) is 4. The third kappa shape index (κ3) is 2.80. The first kappa shape index (κ1) is 15.5. The van der Waals surface area contributed by atoms with Crippen LogP contribution in [0.4, 0.5) is 5.69 Å². The van der Waals surface area contributed by atoms with Crippen LogP contribution in [0, 0.1) is 6.92 Å². The van der Waals surface area contributed by atoms with Crippen molar-refractivity contribution in [1.29, 1.82) is 0 Å². The molecule has 25 heavy (non-hydrogen) atoms. The van der Waals surface area contributed by atoms with E-state index in [1.807, 2.05) is 54.3 Å². The van der Waals surface area contributed by atoms with E-state index in [0.717, 1.165) is 23.2 Å². The molecule has 0 N–H and O–H groups in total. The van der Waals surface area contributed by atoms with E-state index in [-0.39, 0.29) is 18.5 Å². The Morgan fingerprint density at radius 1 is 1.16 bits per heavy atom. The monoisotopic (exact) mass is 333 g/mol. The highest BCUT2D eigenvalue weighted by molar-refractivity contribution is 5.95. The van der Waals surface area contributed by atoms with Gasteiger partial charge in [-0.2, -0.15) is 4.80 Å². The van der Waals surface area contributed by atoms with E-state index in [9.17, 15) is 4.79 Å². The van der Waals surface area contributed by atoms with Crippen LogP contribution in [-0.4, -0.2) is 32.2 Å². The van der Waals surface area contributed by atoms with Crippen LogP contribution in [0.5, 0.6) is 0 Å². The third-order valence-corrected chi connectivity index (χ3v) is 4.59. The smallest absolute Gasteiger partial charge is 0.250 e. The second-order valence-electron chi connectivity index (χ2n) is 6.40. The van der Waals surface area contributed by atoms with Crippen molar-refractivity contribution in [3.8, 4) is 11.4 Å². The number of carbonyl (C=O) groups excluding carboxylic acids is 1. The maximum Gasteiger partial charge on any atom is 0.250 e. The maximum atomic E-state index is 12.8. The van der Waals surface area contributed by atoms with Crippen molar-refractivity contribution in [3.63, 3.8) is 0 Å². The van der Waals surface area contributed by atoms with E-state index in [1.165, 1.54) is 10.4 Å². The number of fused-ring (bicyclic) bond motifs is 1. The van der Waals surface area contributed by atoms with Gasteiger partial charge in [-0.3, -0.25) is 4.79 Å². The Labute approximate surface area is 146 Å². The first-order valence-corrected chi connectivity index (χ1v) is 8.37. The highest BCUT2D eigenvalue weighted by atomic mass is 16.2. The van der Waals surface area contributed by atoms with Gasteiger partial charge < -0.3 is 4.90 Å². The quantitative estimate of drug-likeness (QED) is 0.739. The lowest BCUT2D eigenvalue weighted by Crippen LogP contribution is -2.38. The fraction of sp³-hybridized carbons (Fsp3) is 0.263. The predicted octanol–water partition coefficient (Wildman–Crippen LogP) is 2.63. The van der Waals surface area contributed by atoms with Crippen LogP contribution in [0.2, 0.25) is 0 Å². The molecular formula is C19H19N5O. The van der Waals surface area contributed by atoms with Gasteiger partial charge in [-0.1, -0.05) is 42.5 Å². The molecule has 1 amide bonds. The number of aromatic nitrogens is 4. The van der Waals surface area contributed by atoms with Crippen molar-refractivity contribution >= 4 is 11.6 Å². The molecule has 0 unspecified atom stereocenters. The van der Waals surface area contributed by atoms with E-state index in [0.29, 0.717) is 5.82 Å². The van der Waals surface area contributed by atoms with Crippen molar-refractivity contribution in [2.75, 3.05) is 4.90 Å². The number of anilines is 1. The maximum absolute atomic E-state index is 12.8. The third-order valence-electron chi connectivity index (χ3n) is 4.59. The number of aryl methyl sites for hydroxylation is 1. The highest BCUT2D eigenvalue weighted by Crippen LogP contribution is 2.31. The van der Waals surface area contributed by atoms with Gasteiger partial charge in [0.15, 0.2) is 0 Å². The van der Waals surface area contributed by atoms with Gasteiger partial charge in [0.2, 0.25) is 5.82 Å². The molecule has 1 aromatic heterocycles. The SMILES string of the molecule is Cc1ccccc1-c1nnn(CC(=O)N2c3ccccc3C[C@H]2C)n1. The number of tetrazole rings is 1. The van der Waals surface area contributed by atoms with Crippen molar-refractivity contribution in [1.82, 2.24) is 20.2 Å². The molecule has 6 nitrogen and oxygen atoms in total. The standard InChI is InChI=1S/C19H19N5O/c1-13-7-3-5-9-16(13)19-20-22-23(21-19)12-18(25)24-14(2)11-15-8-4-6-10-17(15)24/h3-10,14H,11-12H2,1-2H3/t14-/m1/s1. The normalized spacial score (nSPS) is 16.1. The second kappa shape index (κ2) is 6.12. The fourth-order valence-corrected chi connectivity index (χ4v) is 3.38. The molecular weight excluding hydrogens is 314 g/mol. The Bertz CT molecular complexity index is 933. The van der Waals surface area contributed by atoms with Gasteiger partial charge in [0, 0.05) is 17.3 Å². The molecule has 4 rings (SSSR count). The number of benzene rings is 2. The zero-order valence-electron chi connectivity index (χ0n) is 14.3. The van der Waals surface area contributed by atoms with Crippen LogP contribution in [0.25, 0.3) is 11.4 Å². The van der Waals surface area contributed by atoms with Gasteiger partial charge in [0.25, 0.3) is 5.91 Å². The van der Waals surface area contributed by atoms with E-state index in [1.54, 1.807) is 0 Å². The summed E-state index contributed by atoms with van der Waals surface area (Å²) in [4.78, 5) is 16.0. The Morgan fingerprint density at radius 3 is 2.76 bits per heavy atom. The largest absolute Gasteiger partial charge is 0.307 e. The lowest BCUT2D eigenvalue weighted by Gasteiger charge is -2.22. The molecule has 0 fully saturated rings. The minimum atomic E-state index is -0.0221. The zero-order valence-corrected chi connectivity index (χ0v) is 14.3. The van der Waals surface area contributed by atoms with Gasteiger partial charge in [-0.15, -0.1) is 10.2 Å². The molecule has 0 spiro atoms. The average molecular weight is 333 g/mol. The molecule has 2 heterocycles. The molecule has 1 aliphatic heterocycles. The lowest BCUT2D eigenvalue weighted by molar-refractivity contribution is -0.119. The second-order valence-corrected chi connectivity index (χ2v) is 6.40. The minimum absolute atomic E-state index is 0.0221. The Kier molecular flexibility index (Phi) is 3.80.